The Morgan fingerprint density at radius 1 is 1.18 bits per heavy atom. The molecule has 2 rings (SSSR count). The van der Waals surface area contributed by atoms with Crippen molar-refractivity contribution in [1.82, 2.24) is 4.90 Å². The molecule has 0 spiro atoms. The maximum absolute atomic E-state index is 12.4. The molecule has 1 aromatic carbocycles. The molecule has 0 radical (unpaired) electrons. The number of carbonyl (C=O) groups is 1. The molecule has 2 N–H and O–H groups in total. The van der Waals surface area contributed by atoms with Crippen molar-refractivity contribution >= 4 is 11.6 Å². The van der Waals surface area contributed by atoms with Crippen molar-refractivity contribution in [2.45, 2.75) is 45.2 Å². The summed E-state index contributed by atoms with van der Waals surface area (Å²) in [5.41, 5.74) is 7.07. The molecule has 1 aliphatic heterocycles. The van der Waals surface area contributed by atoms with Crippen molar-refractivity contribution in [1.29, 1.82) is 0 Å². The fourth-order valence-electron chi connectivity index (χ4n) is 2.60. The highest BCUT2D eigenvalue weighted by atomic mass is 16.2. The van der Waals surface area contributed by atoms with E-state index in [0.29, 0.717) is 17.8 Å². The molecule has 3 nitrogen and oxygen atoms in total. The van der Waals surface area contributed by atoms with Gasteiger partial charge in [-0.05, 0) is 57.4 Å². The minimum Gasteiger partial charge on any atom is -0.399 e. The molecular weight excluding hydrogens is 212 g/mol. The standard InChI is InChI=1S/C14H20N2O/c1-10-4-3-5-11(2)16(10)14(17)12-6-8-13(15)9-7-12/h6-11H,3-5,15H2,1-2H3/t10-,11-/m0/s1. The molecule has 1 saturated heterocycles. The van der Waals surface area contributed by atoms with E-state index in [4.69, 9.17) is 5.73 Å². The van der Waals surface area contributed by atoms with Crippen LogP contribution in [0.25, 0.3) is 0 Å². The van der Waals surface area contributed by atoms with Gasteiger partial charge >= 0.3 is 0 Å². The van der Waals surface area contributed by atoms with Gasteiger partial charge < -0.3 is 10.6 Å². The van der Waals surface area contributed by atoms with Gasteiger partial charge in [0.2, 0.25) is 0 Å². The Morgan fingerprint density at radius 3 is 2.24 bits per heavy atom. The average molecular weight is 232 g/mol. The van der Waals surface area contributed by atoms with Gasteiger partial charge in [-0.1, -0.05) is 0 Å². The minimum atomic E-state index is 0.129. The van der Waals surface area contributed by atoms with Gasteiger partial charge in [0, 0.05) is 23.3 Å². The van der Waals surface area contributed by atoms with Crippen molar-refractivity contribution in [3.8, 4) is 0 Å². The summed E-state index contributed by atoms with van der Waals surface area (Å²) in [5.74, 6) is 0.129. The number of benzene rings is 1. The first-order chi connectivity index (χ1) is 8.09. The number of nitrogen functional groups attached to an aromatic ring is 1. The van der Waals surface area contributed by atoms with Crippen LogP contribution in [0.5, 0.6) is 0 Å². The largest absolute Gasteiger partial charge is 0.399 e. The fraction of sp³-hybridized carbons (Fsp3) is 0.500. The van der Waals surface area contributed by atoms with Crippen molar-refractivity contribution in [2.24, 2.45) is 0 Å². The smallest absolute Gasteiger partial charge is 0.254 e. The zero-order chi connectivity index (χ0) is 12.4. The normalized spacial score (nSPS) is 24.7. The van der Waals surface area contributed by atoms with Crippen LogP contribution in [0.1, 0.15) is 43.5 Å². The molecule has 3 heteroatoms. The first-order valence-corrected chi connectivity index (χ1v) is 6.28. The Kier molecular flexibility index (Phi) is 3.36. The van der Waals surface area contributed by atoms with E-state index in [1.54, 1.807) is 12.1 Å². The lowest BCUT2D eigenvalue weighted by molar-refractivity contribution is 0.0511. The number of piperidine rings is 1. The van der Waals surface area contributed by atoms with Gasteiger partial charge in [0.15, 0.2) is 0 Å². The molecule has 1 aliphatic rings. The van der Waals surface area contributed by atoms with Crippen molar-refractivity contribution in [3.05, 3.63) is 29.8 Å². The van der Waals surface area contributed by atoms with Crippen LogP contribution in [0.3, 0.4) is 0 Å². The summed E-state index contributed by atoms with van der Waals surface area (Å²) in [6.07, 6.45) is 3.42. The molecule has 1 heterocycles. The molecule has 0 unspecified atom stereocenters. The average Bonchev–Trinajstić information content (AvgIpc) is 2.29. The van der Waals surface area contributed by atoms with E-state index < -0.39 is 0 Å². The maximum Gasteiger partial charge on any atom is 0.254 e. The number of likely N-dealkylation sites (tertiary alicyclic amines) is 1. The lowest BCUT2D eigenvalue weighted by Crippen LogP contribution is -2.47. The Labute approximate surface area is 103 Å². The van der Waals surface area contributed by atoms with E-state index in [2.05, 4.69) is 13.8 Å². The van der Waals surface area contributed by atoms with Crippen LogP contribution in [0.2, 0.25) is 0 Å². The summed E-state index contributed by atoms with van der Waals surface area (Å²) in [5, 5.41) is 0. The second-order valence-electron chi connectivity index (χ2n) is 4.96. The highest BCUT2D eigenvalue weighted by Crippen LogP contribution is 2.24. The third kappa shape index (κ3) is 2.43. The van der Waals surface area contributed by atoms with E-state index in [1.165, 1.54) is 6.42 Å². The summed E-state index contributed by atoms with van der Waals surface area (Å²) in [6.45, 7) is 4.26. The molecule has 0 aliphatic carbocycles. The maximum atomic E-state index is 12.4. The predicted molar refractivity (Wildman–Crippen MR) is 69.8 cm³/mol. The molecular formula is C14H20N2O. The van der Waals surface area contributed by atoms with Crippen LogP contribution in [0.15, 0.2) is 24.3 Å². The zero-order valence-corrected chi connectivity index (χ0v) is 10.5. The Hall–Kier alpha value is -1.51. The van der Waals surface area contributed by atoms with Crippen LogP contribution in [0, 0.1) is 0 Å². The van der Waals surface area contributed by atoms with Crippen LogP contribution in [0.4, 0.5) is 5.69 Å². The summed E-state index contributed by atoms with van der Waals surface area (Å²) in [6, 6.07) is 7.86. The van der Waals surface area contributed by atoms with E-state index in [9.17, 15) is 4.79 Å². The van der Waals surface area contributed by atoms with Crippen LogP contribution in [-0.2, 0) is 0 Å². The zero-order valence-electron chi connectivity index (χ0n) is 10.5. The molecule has 0 aromatic heterocycles. The molecule has 17 heavy (non-hydrogen) atoms. The monoisotopic (exact) mass is 232 g/mol. The number of rotatable bonds is 1. The Morgan fingerprint density at radius 2 is 1.71 bits per heavy atom. The molecule has 1 aromatic rings. The number of carbonyl (C=O) groups excluding carboxylic acids is 1. The van der Waals surface area contributed by atoms with Crippen molar-refractivity contribution < 1.29 is 4.79 Å². The van der Waals surface area contributed by atoms with Gasteiger partial charge in [0.1, 0.15) is 0 Å². The fourth-order valence-corrected chi connectivity index (χ4v) is 2.60. The van der Waals surface area contributed by atoms with Crippen LogP contribution < -0.4 is 5.73 Å². The lowest BCUT2D eigenvalue weighted by Gasteiger charge is -2.39. The summed E-state index contributed by atoms with van der Waals surface area (Å²) >= 11 is 0. The summed E-state index contributed by atoms with van der Waals surface area (Å²) in [7, 11) is 0. The van der Waals surface area contributed by atoms with Crippen LogP contribution in [-0.4, -0.2) is 22.9 Å². The van der Waals surface area contributed by atoms with Gasteiger partial charge in [-0.3, -0.25) is 4.79 Å². The predicted octanol–water partition coefficient (Wildman–Crippen LogP) is 2.67. The third-order valence-electron chi connectivity index (χ3n) is 3.59. The highest BCUT2D eigenvalue weighted by molar-refractivity contribution is 5.95. The Balaban J connectivity index is 2.20. The molecule has 92 valence electrons. The second-order valence-corrected chi connectivity index (χ2v) is 4.96. The molecule has 2 atom stereocenters. The van der Waals surface area contributed by atoms with Gasteiger partial charge in [0.05, 0.1) is 0 Å². The highest BCUT2D eigenvalue weighted by Gasteiger charge is 2.29. The third-order valence-corrected chi connectivity index (χ3v) is 3.59. The van der Waals surface area contributed by atoms with Gasteiger partial charge in [-0.15, -0.1) is 0 Å². The van der Waals surface area contributed by atoms with E-state index in [1.807, 2.05) is 17.0 Å². The van der Waals surface area contributed by atoms with Crippen molar-refractivity contribution in [2.75, 3.05) is 5.73 Å². The summed E-state index contributed by atoms with van der Waals surface area (Å²) in [4.78, 5) is 14.4. The number of amides is 1. The number of hydrogen-bond acceptors (Lipinski definition) is 2. The molecule has 1 fully saturated rings. The molecule has 0 bridgehead atoms. The number of nitrogens with two attached hydrogens (primary N) is 1. The van der Waals surface area contributed by atoms with Gasteiger partial charge in [0.25, 0.3) is 5.91 Å². The minimum absolute atomic E-state index is 0.129. The van der Waals surface area contributed by atoms with Crippen molar-refractivity contribution in [3.63, 3.8) is 0 Å². The van der Waals surface area contributed by atoms with E-state index in [-0.39, 0.29) is 5.91 Å². The van der Waals surface area contributed by atoms with Gasteiger partial charge in [-0.25, -0.2) is 0 Å². The second kappa shape index (κ2) is 4.78. The SMILES string of the molecule is C[C@H]1CCC[C@H](C)N1C(=O)c1ccc(N)cc1. The molecule has 1 amide bonds. The van der Waals surface area contributed by atoms with E-state index in [0.717, 1.165) is 18.4 Å². The number of anilines is 1. The quantitative estimate of drug-likeness (QED) is 0.757. The Bertz CT molecular complexity index is 389. The topological polar surface area (TPSA) is 46.3 Å². The first-order valence-electron chi connectivity index (χ1n) is 6.28. The number of nitrogens with zero attached hydrogens (tertiary/aromatic N) is 1. The number of hydrogen-bond donors (Lipinski definition) is 1. The first kappa shape index (κ1) is 12.0. The molecule has 0 saturated carbocycles. The van der Waals surface area contributed by atoms with Gasteiger partial charge in [-0.2, -0.15) is 0 Å². The summed E-state index contributed by atoms with van der Waals surface area (Å²) < 4.78 is 0. The van der Waals surface area contributed by atoms with Crippen LogP contribution >= 0.6 is 0 Å². The lowest BCUT2D eigenvalue weighted by atomic mass is 9.96. The van der Waals surface area contributed by atoms with E-state index >= 15 is 0 Å².